The average molecular weight is 170 g/mol. The van der Waals surface area contributed by atoms with Crippen LogP contribution in [0, 0.1) is 0 Å². The van der Waals surface area contributed by atoms with E-state index in [1.807, 2.05) is 6.92 Å². The van der Waals surface area contributed by atoms with Gasteiger partial charge in [-0.1, -0.05) is 11.6 Å². The van der Waals surface area contributed by atoms with Crippen molar-refractivity contribution in [2.75, 3.05) is 13.2 Å². The van der Waals surface area contributed by atoms with Gasteiger partial charge in [0.2, 0.25) is 0 Å². The van der Waals surface area contributed by atoms with Crippen LogP contribution in [0.25, 0.3) is 0 Å². The highest BCUT2D eigenvalue weighted by molar-refractivity contribution is 4.94. The topological polar surface area (TPSA) is 29.5 Å². The fraction of sp³-hybridized carbons (Fsp3) is 0.600. The Bertz CT molecular complexity index is 163. The number of hydrogen-bond donors (Lipinski definition) is 1. The molecule has 0 radical (unpaired) electrons. The van der Waals surface area contributed by atoms with Gasteiger partial charge in [-0.3, -0.25) is 0 Å². The Morgan fingerprint density at radius 2 is 2.25 bits per heavy atom. The van der Waals surface area contributed by atoms with Gasteiger partial charge < -0.3 is 9.84 Å². The fourth-order valence-electron chi connectivity index (χ4n) is 0.628. The predicted octanol–water partition coefficient (Wildman–Crippen LogP) is 1.91. The highest BCUT2D eigenvalue weighted by Crippen LogP contribution is 2.11. The van der Waals surface area contributed by atoms with Crippen LogP contribution in [0.5, 0.6) is 0 Å². The van der Waals surface area contributed by atoms with Gasteiger partial charge in [0.25, 0.3) is 0 Å². The summed E-state index contributed by atoms with van der Waals surface area (Å²) in [5, 5.41) is 8.93. The summed E-state index contributed by atoms with van der Waals surface area (Å²) in [6.07, 6.45) is 2.44. The van der Waals surface area contributed by atoms with Gasteiger partial charge in [0.1, 0.15) is 5.60 Å². The maximum Gasteiger partial charge on any atom is 0.106 e. The molecule has 0 aromatic heterocycles. The molecule has 0 aromatic rings. The van der Waals surface area contributed by atoms with Crippen LogP contribution in [0.3, 0.4) is 0 Å². The van der Waals surface area contributed by atoms with Crippen molar-refractivity contribution in [1.82, 2.24) is 0 Å². The van der Waals surface area contributed by atoms with Crippen LogP contribution >= 0.6 is 0 Å². The Kier molecular flexibility index (Phi) is 4.86. The number of rotatable bonds is 6. The molecule has 0 saturated carbocycles. The molecule has 2 heteroatoms. The molecule has 0 aliphatic heterocycles. The molecule has 0 amide bonds. The SMILES string of the molecule is C=CC(C)(CO)OCCC(=C)C. The minimum absolute atomic E-state index is 0.0350. The summed E-state index contributed by atoms with van der Waals surface area (Å²) < 4.78 is 5.41. The summed E-state index contributed by atoms with van der Waals surface area (Å²) in [5.74, 6) is 0. The summed E-state index contributed by atoms with van der Waals surface area (Å²) in [7, 11) is 0. The first kappa shape index (κ1) is 11.4. The van der Waals surface area contributed by atoms with Crippen LogP contribution in [-0.4, -0.2) is 23.9 Å². The molecule has 0 heterocycles. The standard InChI is InChI=1S/C10H18O2/c1-5-10(4,8-11)12-7-6-9(2)3/h5,11H,1-2,6-8H2,3-4H3. The minimum atomic E-state index is -0.602. The van der Waals surface area contributed by atoms with Gasteiger partial charge in [-0.2, -0.15) is 0 Å². The van der Waals surface area contributed by atoms with Crippen LogP contribution in [0.15, 0.2) is 24.8 Å². The van der Waals surface area contributed by atoms with E-state index in [4.69, 9.17) is 9.84 Å². The lowest BCUT2D eigenvalue weighted by Gasteiger charge is -2.23. The normalized spacial score (nSPS) is 15.2. The largest absolute Gasteiger partial charge is 0.393 e. The van der Waals surface area contributed by atoms with E-state index < -0.39 is 5.60 Å². The Morgan fingerprint density at radius 3 is 2.58 bits per heavy atom. The number of ether oxygens (including phenoxy) is 1. The van der Waals surface area contributed by atoms with Crippen LogP contribution in [0.2, 0.25) is 0 Å². The summed E-state index contributed by atoms with van der Waals surface area (Å²) >= 11 is 0. The van der Waals surface area contributed by atoms with E-state index in [2.05, 4.69) is 13.2 Å². The molecule has 0 spiro atoms. The molecule has 1 N–H and O–H groups in total. The first-order valence-corrected chi connectivity index (χ1v) is 4.07. The van der Waals surface area contributed by atoms with Crippen molar-refractivity contribution in [2.45, 2.75) is 25.9 Å². The third-order valence-corrected chi connectivity index (χ3v) is 1.71. The second-order valence-electron chi connectivity index (χ2n) is 3.23. The third kappa shape index (κ3) is 4.31. The van der Waals surface area contributed by atoms with Gasteiger partial charge in [-0.05, 0) is 20.3 Å². The van der Waals surface area contributed by atoms with Crippen molar-refractivity contribution in [2.24, 2.45) is 0 Å². The van der Waals surface area contributed by atoms with Crippen LogP contribution in [-0.2, 0) is 4.74 Å². The molecule has 0 aliphatic carbocycles. The average Bonchev–Trinajstić information content (AvgIpc) is 2.03. The summed E-state index contributed by atoms with van der Waals surface area (Å²) in [6, 6.07) is 0. The van der Waals surface area contributed by atoms with E-state index in [0.717, 1.165) is 12.0 Å². The number of aliphatic hydroxyl groups is 1. The maximum atomic E-state index is 8.93. The highest BCUT2D eigenvalue weighted by Gasteiger charge is 2.18. The zero-order valence-corrected chi connectivity index (χ0v) is 7.97. The van der Waals surface area contributed by atoms with E-state index in [9.17, 15) is 0 Å². The van der Waals surface area contributed by atoms with Crippen LogP contribution < -0.4 is 0 Å². The Morgan fingerprint density at radius 1 is 1.67 bits per heavy atom. The zero-order valence-electron chi connectivity index (χ0n) is 7.97. The van der Waals surface area contributed by atoms with Gasteiger partial charge >= 0.3 is 0 Å². The quantitative estimate of drug-likeness (QED) is 0.617. The van der Waals surface area contributed by atoms with Crippen molar-refractivity contribution in [3.63, 3.8) is 0 Å². The summed E-state index contributed by atoms with van der Waals surface area (Å²) in [6.45, 7) is 11.7. The molecule has 0 fully saturated rings. The summed E-state index contributed by atoms with van der Waals surface area (Å²) in [4.78, 5) is 0. The van der Waals surface area contributed by atoms with Crippen molar-refractivity contribution >= 4 is 0 Å². The van der Waals surface area contributed by atoms with E-state index in [-0.39, 0.29) is 6.61 Å². The molecule has 0 bridgehead atoms. The second-order valence-corrected chi connectivity index (χ2v) is 3.23. The van der Waals surface area contributed by atoms with Crippen molar-refractivity contribution in [3.05, 3.63) is 24.8 Å². The molecule has 1 unspecified atom stereocenters. The monoisotopic (exact) mass is 170 g/mol. The lowest BCUT2D eigenvalue weighted by Crippen LogP contribution is -2.30. The molecular weight excluding hydrogens is 152 g/mol. The molecule has 0 aromatic carbocycles. The molecule has 70 valence electrons. The molecule has 0 rings (SSSR count). The molecule has 0 saturated heterocycles. The van der Waals surface area contributed by atoms with E-state index in [0.29, 0.717) is 6.61 Å². The van der Waals surface area contributed by atoms with Crippen LogP contribution in [0.1, 0.15) is 20.3 Å². The van der Waals surface area contributed by atoms with Crippen molar-refractivity contribution in [1.29, 1.82) is 0 Å². The lowest BCUT2D eigenvalue weighted by molar-refractivity contribution is -0.0305. The van der Waals surface area contributed by atoms with Gasteiger partial charge in [-0.15, -0.1) is 13.2 Å². The first-order chi connectivity index (χ1) is 5.54. The van der Waals surface area contributed by atoms with Gasteiger partial charge in [0.15, 0.2) is 0 Å². The Labute approximate surface area is 74.6 Å². The van der Waals surface area contributed by atoms with Gasteiger partial charge in [0, 0.05) is 0 Å². The van der Waals surface area contributed by atoms with E-state index in [1.165, 1.54) is 0 Å². The third-order valence-electron chi connectivity index (χ3n) is 1.71. The van der Waals surface area contributed by atoms with E-state index in [1.54, 1.807) is 13.0 Å². The van der Waals surface area contributed by atoms with Crippen LogP contribution in [0.4, 0.5) is 0 Å². The van der Waals surface area contributed by atoms with Crippen molar-refractivity contribution < 1.29 is 9.84 Å². The molecule has 1 atom stereocenters. The van der Waals surface area contributed by atoms with Crippen molar-refractivity contribution in [3.8, 4) is 0 Å². The van der Waals surface area contributed by atoms with Gasteiger partial charge in [-0.25, -0.2) is 0 Å². The minimum Gasteiger partial charge on any atom is -0.393 e. The Hall–Kier alpha value is -0.600. The lowest BCUT2D eigenvalue weighted by atomic mass is 10.1. The first-order valence-electron chi connectivity index (χ1n) is 4.07. The molecular formula is C10H18O2. The van der Waals surface area contributed by atoms with E-state index >= 15 is 0 Å². The smallest absolute Gasteiger partial charge is 0.106 e. The molecule has 0 aliphatic rings. The summed E-state index contributed by atoms with van der Waals surface area (Å²) in [5.41, 5.74) is 0.481. The predicted molar refractivity (Wildman–Crippen MR) is 51.1 cm³/mol. The fourth-order valence-corrected chi connectivity index (χ4v) is 0.628. The number of hydrogen-bond acceptors (Lipinski definition) is 2. The highest BCUT2D eigenvalue weighted by atomic mass is 16.5. The maximum absolute atomic E-state index is 8.93. The second kappa shape index (κ2) is 5.12. The zero-order chi connectivity index (χ0) is 9.61. The molecule has 2 nitrogen and oxygen atoms in total. The molecule has 12 heavy (non-hydrogen) atoms. The Balaban J connectivity index is 3.73. The number of aliphatic hydroxyl groups excluding tert-OH is 1. The van der Waals surface area contributed by atoms with Gasteiger partial charge in [0.05, 0.1) is 13.2 Å².